The van der Waals surface area contributed by atoms with Gasteiger partial charge in [0.1, 0.15) is 18.2 Å². The average Bonchev–Trinajstić information content (AvgIpc) is 3.22. The van der Waals surface area contributed by atoms with Crippen LogP contribution in [0, 0.1) is 11.3 Å². The van der Waals surface area contributed by atoms with E-state index in [2.05, 4.69) is 16.4 Å². The number of nitrogens with zero attached hydrogens (tertiary/aromatic N) is 5. The average molecular weight is 438 g/mol. The number of anilines is 1. The monoisotopic (exact) mass is 438 g/mol. The fraction of sp³-hybridized carbons (Fsp3) is 0.455. The van der Waals surface area contributed by atoms with E-state index in [4.69, 9.17) is 9.47 Å². The first kappa shape index (κ1) is 21.6. The van der Waals surface area contributed by atoms with Gasteiger partial charge < -0.3 is 29.2 Å². The van der Waals surface area contributed by atoms with Crippen molar-refractivity contribution in [3.8, 4) is 6.07 Å². The maximum atomic E-state index is 12.8. The fourth-order valence-electron chi connectivity index (χ4n) is 4.17. The van der Waals surface area contributed by atoms with E-state index >= 15 is 0 Å². The topological polar surface area (TPSA) is 113 Å². The summed E-state index contributed by atoms with van der Waals surface area (Å²) in [6, 6.07) is 11.3. The van der Waals surface area contributed by atoms with Gasteiger partial charge in [-0.2, -0.15) is 5.26 Å². The van der Waals surface area contributed by atoms with E-state index < -0.39 is 12.1 Å². The molecule has 0 saturated carbocycles. The molecule has 0 spiro atoms. The van der Waals surface area contributed by atoms with Crippen molar-refractivity contribution in [3.05, 3.63) is 47.4 Å². The van der Waals surface area contributed by atoms with Crippen LogP contribution in [-0.2, 0) is 29.2 Å². The van der Waals surface area contributed by atoms with E-state index in [1.807, 2.05) is 39.8 Å². The summed E-state index contributed by atoms with van der Waals surface area (Å²) in [5, 5.41) is 12.6. The highest BCUT2D eigenvalue weighted by molar-refractivity contribution is 5.93. The second kappa shape index (κ2) is 9.70. The molecule has 0 bridgehead atoms. The number of ether oxygens (including phenoxy) is 2. The van der Waals surface area contributed by atoms with Crippen molar-refractivity contribution in [1.29, 1.82) is 5.26 Å². The molecule has 1 atom stereocenters. The van der Waals surface area contributed by atoms with E-state index in [0.717, 1.165) is 17.9 Å². The number of hydrogen-bond acceptors (Lipinski definition) is 8. The second-order valence-corrected chi connectivity index (χ2v) is 7.72. The number of benzene rings is 1. The Labute approximate surface area is 186 Å². The lowest BCUT2D eigenvalue weighted by Gasteiger charge is -2.41. The zero-order valence-corrected chi connectivity index (χ0v) is 18.0. The number of carbonyl (C=O) groups is 2. The lowest BCUT2D eigenvalue weighted by Crippen LogP contribution is -2.56. The third-order valence-electron chi connectivity index (χ3n) is 5.74. The molecule has 2 aromatic rings. The molecule has 3 heterocycles. The van der Waals surface area contributed by atoms with Crippen molar-refractivity contribution < 1.29 is 19.1 Å². The Hall–Kier alpha value is -3.58. The van der Waals surface area contributed by atoms with Crippen molar-refractivity contribution in [2.45, 2.75) is 32.2 Å². The zero-order chi connectivity index (χ0) is 22.5. The minimum atomic E-state index is -0.497. The number of amides is 1. The van der Waals surface area contributed by atoms with Gasteiger partial charge in [0, 0.05) is 32.7 Å². The van der Waals surface area contributed by atoms with E-state index in [9.17, 15) is 14.9 Å². The molecule has 0 radical (unpaired) electrons. The number of hydrogen-bond donors (Lipinski definition) is 1. The Morgan fingerprint density at radius 1 is 1.25 bits per heavy atom. The number of nitrogens with one attached hydrogen (secondary N) is 1. The van der Waals surface area contributed by atoms with Crippen molar-refractivity contribution in [3.63, 3.8) is 0 Å². The summed E-state index contributed by atoms with van der Waals surface area (Å²) in [5.74, 6) is 0.963. The van der Waals surface area contributed by atoms with Crippen LogP contribution in [0.3, 0.4) is 0 Å². The Balaban J connectivity index is 1.52. The number of carbonyl (C=O) groups excluding carboxylic acids is 2. The van der Waals surface area contributed by atoms with E-state index in [1.54, 1.807) is 4.90 Å². The molecule has 1 N–H and O–H groups in total. The molecule has 168 valence electrons. The molecule has 10 heteroatoms. The predicted molar refractivity (Wildman–Crippen MR) is 115 cm³/mol. The Morgan fingerprint density at radius 2 is 2.06 bits per heavy atom. The molecule has 10 nitrogen and oxygen atoms in total. The predicted octanol–water partition coefficient (Wildman–Crippen LogP) is 1.51. The van der Waals surface area contributed by atoms with E-state index in [1.165, 1.54) is 7.11 Å². The normalized spacial score (nSPS) is 17.9. The van der Waals surface area contributed by atoms with Gasteiger partial charge in [-0.15, -0.1) is 0 Å². The molecule has 1 amide bonds. The molecule has 4 rings (SSSR count). The first-order valence-corrected chi connectivity index (χ1v) is 10.6. The molecule has 1 fully saturated rings. The van der Waals surface area contributed by atoms with Gasteiger partial charge >= 0.3 is 12.1 Å². The maximum Gasteiger partial charge on any atom is 0.410 e. The highest BCUT2D eigenvalue weighted by Crippen LogP contribution is 2.28. The van der Waals surface area contributed by atoms with Crippen molar-refractivity contribution in [2.24, 2.45) is 0 Å². The summed E-state index contributed by atoms with van der Waals surface area (Å²) in [5.41, 5.74) is 1.17. The minimum absolute atomic E-state index is 0.160. The first-order chi connectivity index (χ1) is 15.6. The van der Waals surface area contributed by atoms with Gasteiger partial charge in [-0.25, -0.2) is 14.6 Å². The SMILES string of the molecule is COC(=O)c1nc2n(c1N1CCN(C(=O)OCc3ccccc3)[C@@H](CC#N)C1)CCNC2. The van der Waals surface area contributed by atoms with Crippen LogP contribution in [0.25, 0.3) is 0 Å². The summed E-state index contributed by atoms with van der Waals surface area (Å²) < 4.78 is 12.5. The molecule has 32 heavy (non-hydrogen) atoms. The third-order valence-corrected chi connectivity index (χ3v) is 5.74. The van der Waals surface area contributed by atoms with Crippen molar-refractivity contribution in [2.75, 3.05) is 38.2 Å². The molecular formula is C22H26N6O4. The number of rotatable bonds is 5. The van der Waals surface area contributed by atoms with Crippen LogP contribution in [-0.4, -0.2) is 65.8 Å². The van der Waals surface area contributed by atoms with Crippen molar-refractivity contribution in [1.82, 2.24) is 19.8 Å². The van der Waals surface area contributed by atoms with Crippen LogP contribution in [0.5, 0.6) is 0 Å². The van der Waals surface area contributed by atoms with Crippen molar-refractivity contribution >= 4 is 17.9 Å². The van der Waals surface area contributed by atoms with Crippen LogP contribution in [0.1, 0.15) is 28.3 Å². The highest BCUT2D eigenvalue weighted by atomic mass is 16.6. The summed E-state index contributed by atoms with van der Waals surface area (Å²) in [6.45, 7) is 3.45. The molecule has 1 aromatic heterocycles. The fourth-order valence-corrected chi connectivity index (χ4v) is 4.17. The maximum absolute atomic E-state index is 12.8. The summed E-state index contributed by atoms with van der Waals surface area (Å²) in [4.78, 5) is 33.3. The van der Waals surface area contributed by atoms with Crippen LogP contribution in [0.4, 0.5) is 10.6 Å². The van der Waals surface area contributed by atoms with Gasteiger partial charge in [0.15, 0.2) is 5.69 Å². The molecule has 2 aliphatic rings. The van der Waals surface area contributed by atoms with E-state index in [-0.39, 0.29) is 24.8 Å². The molecule has 1 aromatic carbocycles. The Kier molecular flexibility index (Phi) is 6.56. The molecular weight excluding hydrogens is 412 g/mol. The Bertz CT molecular complexity index is 1020. The number of aromatic nitrogens is 2. The summed E-state index contributed by atoms with van der Waals surface area (Å²) >= 11 is 0. The Morgan fingerprint density at radius 3 is 2.81 bits per heavy atom. The molecule has 0 aliphatic carbocycles. The second-order valence-electron chi connectivity index (χ2n) is 7.72. The lowest BCUT2D eigenvalue weighted by atomic mass is 10.1. The van der Waals surface area contributed by atoms with Crippen LogP contribution in [0.2, 0.25) is 0 Å². The van der Waals surface area contributed by atoms with Gasteiger partial charge in [0.2, 0.25) is 0 Å². The number of imidazole rings is 1. The standard InChI is InChI=1S/C22H26N6O4/c1-31-21(29)19-20(28-10-9-24-13-18(28)25-19)26-11-12-27(17(14-26)7-8-23)22(30)32-15-16-5-3-2-4-6-16/h2-6,17,24H,7,9-15H2,1H3/t17-/m0/s1. The zero-order valence-electron chi connectivity index (χ0n) is 18.0. The van der Waals surface area contributed by atoms with Gasteiger partial charge in [0.25, 0.3) is 0 Å². The quantitative estimate of drug-likeness (QED) is 0.699. The number of esters is 1. The van der Waals surface area contributed by atoms with Gasteiger partial charge in [-0.05, 0) is 5.56 Å². The van der Waals surface area contributed by atoms with Gasteiger partial charge in [-0.3, -0.25) is 0 Å². The largest absolute Gasteiger partial charge is 0.464 e. The highest BCUT2D eigenvalue weighted by Gasteiger charge is 2.36. The lowest BCUT2D eigenvalue weighted by molar-refractivity contribution is 0.0592. The van der Waals surface area contributed by atoms with E-state index in [0.29, 0.717) is 38.5 Å². The van der Waals surface area contributed by atoms with Gasteiger partial charge in [-0.1, -0.05) is 30.3 Å². The summed E-state index contributed by atoms with van der Waals surface area (Å²) in [6.07, 6.45) is -0.283. The van der Waals surface area contributed by atoms with Crippen LogP contribution >= 0.6 is 0 Å². The number of methoxy groups -OCH3 is 1. The minimum Gasteiger partial charge on any atom is -0.464 e. The third kappa shape index (κ3) is 4.38. The van der Waals surface area contributed by atoms with Crippen LogP contribution in [0.15, 0.2) is 30.3 Å². The van der Waals surface area contributed by atoms with Gasteiger partial charge in [0.05, 0.1) is 32.2 Å². The van der Waals surface area contributed by atoms with Crippen LogP contribution < -0.4 is 10.2 Å². The number of fused-ring (bicyclic) bond motifs is 1. The smallest absolute Gasteiger partial charge is 0.410 e. The number of nitriles is 1. The summed E-state index contributed by atoms with van der Waals surface area (Å²) in [7, 11) is 1.34. The molecule has 0 unspecified atom stereocenters. The first-order valence-electron chi connectivity index (χ1n) is 10.6. The number of piperazine rings is 1. The molecule has 1 saturated heterocycles. The molecule has 2 aliphatic heterocycles.